The first kappa shape index (κ1) is 24.9. The van der Waals surface area contributed by atoms with Crippen molar-refractivity contribution >= 4 is 17.9 Å². The molecular weight excluding hydrogens is 352 g/mol. The second-order valence-electron chi connectivity index (χ2n) is 2.42. The van der Waals surface area contributed by atoms with Crippen LogP contribution in [0.4, 0.5) is 0 Å². The van der Waals surface area contributed by atoms with Crippen molar-refractivity contribution in [2.45, 2.75) is 18.4 Å². The molecule has 0 aromatic rings. The average molecular weight is 357 g/mol. The van der Waals surface area contributed by atoms with E-state index >= 15 is 0 Å². The van der Waals surface area contributed by atoms with Gasteiger partial charge in [-0.3, -0.25) is 0 Å². The van der Waals surface area contributed by atoms with E-state index in [0.29, 0.717) is 0 Å². The third-order valence-electron chi connectivity index (χ3n) is 1.25. The van der Waals surface area contributed by atoms with E-state index in [2.05, 4.69) is 0 Å². The molecule has 16 heavy (non-hydrogen) atoms. The van der Waals surface area contributed by atoms with Gasteiger partial charge in [0.2, 0.25) is 0 Å². The molecule has 0 rings (SSSR count). The van der Waals surface area contributed by atoms with Crippen molar-refractivity contribution in [1.82, 2.24) is 0 Å². The monoisotopic (exact) mass is 357 g/mol. The van der Waals surface area contributed by atoms with Gasteiger partial charge in [-0.15, -0.1) is 0 Å². The zero-order valence-electron chi connectivity index (χ0n) is 7.37. The first-order valence-corrected chi connectivity index (χ1v) is 3.11. The summed E-state index contributed by atoms with van der Waals surface area (Å²) in [5, 5.41) is 38.9. The van der Waals surface area contributed by atoms with Gasteiger partial charge in [0.1, 0.15) is 5.60 Å². The minimum absolute atomic E-state index is 0. The third-order valence-corrected chi connectivity index (χ3v) is 1.25. The Labute approximate surface area is 122 Å². The topological polar surface area (TPSA) is 141 Å². The maximum atomic E-state index is 10.1. The van der Waals surface area contributed by atoms with Gasteiger partial charge in [-0.25, -0.2) is 0 Å². The SMILES string of the molecule is O=C([O-])CC(O)(CC(=O)[O-])C(=O)[O-].[Fe].[Fe].[Fe]. The fourth-order valence-corrected chi connectivity index (χ4v) is 0.684. The summed E-state index contributed by atoms with van der Waals surface area (Å²) in [7, 11) is 0. The summed E-state index contributed by atoms with van der Waals surface area (Å²) >= 11 is 0. The molecule has 0 amide bonds. The van der Waals surface area contributed by atoms with E-state index in [-0.39, 0.29) is 51.2 Å². The Morgan fingerprint density at radius 2 is 1.12 bits per heavy atom. The zero-order valence-corrected chi connectivity index (χ0v) is 10.7. The Bertz CT molecular complexity index is 239. The van der Waals surface area contributed by atoms with Crippen molar-refractivity contribution in [2.24, 2.45) is 0 Å². The van der Waals surface area contributed by atoms with Gasteiger partial charge in [-0.05, 0) is 0 Å². The predicted octanol–water partition coefficient (Wildman–Crippen LogP) is -5.26. The van der Waals surface area contributed by atoms with Gasteiger partial charge in [0.25, 0.3) is 0 Å². The Balaban J connectivity index is -0.000000240. The van der Waals surface area contributed by atoms with E-state index in [1.54, 1.807) is 0 Å². The molecule has 0 spiro atoms. The Morgan fingerprint density at radius 1 is 0.875 bits per heavy atom. The van der Waals surface area contributed by atoms with E-state index in [4.69, 9.17) is 5.11 Å². The van der Waals surface area contributed by atoms with E-state index < -0.39 is 36.4 Å². The molecule has 0 aliphatic heterocycles. The summed E-state index contributed by atoms with van der Waals surface area (Å²) < 4.78 is 0. The van der Waals surface area contributed by atoms with Gasteiger partial charge in [0.05, 0.1) is 5.97 Å². The standard InChI is InChI=1S/C6H8O7.3Fe/c7-3(8)1-6(13,5(11)12)2-4(9)10;;;/h13H,1-2H2,(H,7,8)(H,9,10)(H,11,12);;;/p-3. The Morgan fingerprint density at radius 3 is 1.25 bits per heavy atom. The van der Waals surface area contributed by atoms with Gasteiger partial charge < -0.3 is 34.8 Å². The molecule has 0 saturated carbocycles. The van der Waals surface area contributed by atoms with Gasteiger partial charge in [0.15, 0.2) is 0 Å². The summed E-state index contributed by atoms with van der Waals surface area (Å²) in [5.41, 5.74) is -2.97. The maximum Gasteiger partial charge on any atom is 0.114 e. The van der Waals surface area contributed by atoms with Crippen molar-refractivity contribution < 1.29 is 86.0 Å². The fraction of sp³-hybridized carbons (Fsp3) is 0.500. The molecule has 0 aromatic heterocycles. The molecule has 0 radical (unpaired) electrons. The molecule has 0 aliphatic carbocycles. The summed E-state index contributed by atoms with van der Waals surface area (Å²) in [6.07, 6.45) is -2.72. The third kappa shape index (κ3) is 9.18. The first-order chi connectivity index (χ1) is 5.78. The average Bonchev–Trinajstić information content (AvgIpc) is 1.82. The molecule has 0 fully saturated rings. The first-order valence-electron chi connectivity index (χ1n) is 3.11. The van der Waals surface area contributed by atoms with Gasteiger partial charge in [-0.1, -0.05) is 0 Å². The molecule has 0 aromatic carbocycles. The fourth-order valence-electron chi connectivity index (χ4n) is 0.684. The van der Waals surface area contributed by atoms with Gasteiger partial charge in [-0.2, -0.15) is 0 Å². The molecule has 0 unspecified atom stereocenters. The van der Waals surface area contributed by atoms with Crippen molar-refractivity contribution in [1.29, 1.82) is 0 Å². The molecule has 0 bridgehead atoms. The summed E-state index contributed by atoms with van der Waals surface area (Å²) in [6, 6.07) is 0. The van der Waals surface area contributed by atoms with Crippen molar-refractivity contribution in [3.8, 4) is 0 Å². The number of aliphatic carboxylic acids is 3. The minimum atomic E-state index is -2.97. The van der Waals surface area contributed by atoms with Crippen LogP contribution in [-0.2, 0) is 65.6 Å². The summed E-state index contributed by atoms with van der Waals surface area (Å²) in [6.45, 7) is 0. The van der Waals surface area contributed by atoms with Crippen LogP contribution in [0.2, 0.25) is 0 Å². The van der Waals surface area contributed by atoms with Gasteiger partial charge >= 0.3 is 0 Å². The maximum absolute atomic E-state index is 10.1. The quantitative estimate of drug-likeness (QED) is 0.485. The van der Waals surface area contributed by atoms with Crippen LogP contribution in [-0.4, -0.2) is 28.6 Å². The van der Waals surface area contributed by atoms with Crippen LogP contribution in [0.5, 0.6) is 0 Å². The summed E-state index contributed by atoms with van der Waals surface area (Å²) in [4.78, 5) is 30.0. The minimum Gasteiger partial charge on any atom is -0.550 e. The molecule has 1 N–H and O–H groups in total. The van der Waals surface area contributed by atoms with Crippen molar-refractivity contribution in [2.75, 3.05) is 0 Å². The van der Waals surface area contributed by atoms with Crippen molar-refractivity contribution in [3.05, 3.63) is 0 Å². The molecule has 7 nitrogen and oxygen atoms in total. The number of rotatable bonds is 5. The molecule has 0 atom stereocenters. The molecule has 98 valence electrons. The van der Waals surface area contributed by atoms with Crippen LogP contribution in [0.3, 0.4) is 0 Å². The Kier molecular flexibility index (Phi) is 15.8. The van der Waals surface area contributed by atoms with E-state index in [1.807, 2.05) is 0 Å². The number of hydrogen-bond acceptors (Lipinski definition) is 7. The Hall–Kier alpha value is -0.0716. The molecular formula is C6H5Fe3O7-3. The second-order valence-corrected chi connectivity index (χ2v) is 2.42. The van der Waals surface area contributed by atoms with E-state index in [1.165, 1.54) is 0 Å². The summed E-state index contributed by atoms with van der Waals surface area (Å²) in [5.74, 6) is -5.98. The van der Waals surface area contributed by atoms with Crippen LogP contribution in [0, 0.1) is 0 Å². The van der Waals surface area contributed by atoms with Crippen molar-refractivity contribution in [3.63, 3.8) is 0 Å². The smallest absolute Gasteiger partial charge is 0.114 e. The van der Waals surface area contributed by atoms with Gasteiger partial charge in [0, 0.05) is 76.0 Å². The predicted molar refractivity (Wildman–Crippen MR) is 29.2 cm³/mol. The molecule has 10 heteroatoms. The number of carbonyl (C=O) groups excluding carboxylic acids is 3. The zero-order chi connectivity index (χ0) is 10.6. The van der Waals surface area contributed by atoms with E-state index in [9.17, 15) is 29.7 Å². The van der Waals surface area contributed by atoms with Crippen LogP contribution in [0.15, 0.2) is 0 Å². The normalized spacial score (nSPS) is 8.81. The van der Waals surface area contributed by atoms with E-state index in [0.717, 1.165) is 0 Å². The number of hydrogen-bond donors (Lipinski definition) is 1. The largest absolute Gasteiger partial charge is 0.550 e. The molecule has 0 saturated heterocycles. The van der Waals surface area contributed by atoms with Crippen LogP contribution >= 0.6 is 0 Å². The molecule has 0 aliphatic rings. The second kappa shape index (κ2) is 10.1. The van der Waals surface area contributed by atoms with Crippen LogP contribution in [0.1, 0.15) is 12.8 Å². The number of carbonyl (C=O) groups is 3. The number of aliphatic hydroxyl groups is 1. The number of carboxylic acids is 3. The number of carboxylic acid groups (broad SMARTS) is 3. The van der Waals surface area contributed by atoms with Crippen LogP contribution in [0.25, 0.3) is 0 Å². The molecule has 0 heterocycles. The van der Waals surface area contributed by atoms with Crippen LogP contribution < -0.4 is 15.3 Å².